The molecule has 0 saturated carbocycles. The van der Waals surface area contributed by atoms with Gasteiger partial charge in [-0.05, 0) is 45.8 Å². The van der Waals surface area contributed by atoms with Crippen LogP contribution in [0, 0.1) is 0 Å². The number of esters is 1. The highest BCUT2D eigenvalue weighted by Gasteiger charge is 2.26. The van der Waals surface area contributed by atoms with E-state index in [1.54, 1.807) is 30.3 Å². The molecule has 1 aromatic carbocycles. The fourth-order valence-corrected chi connectivity index (χ4v) is 2.18. The van der Waals surface area contributed by atoms with E-state index in [0.717, 1.165) is 0 Å². The molecule has 6 heteroatoms. The third-order valence-electron chi connectivity index (χ3n) is 2.60. The fraction of sp³-hybridized carbons (Fsp3) is 0. The number of cyclic esters (lactones) is 1. The van der Waals surface area contributed by atoms with Crippen LogP contribution in [0.1, 0.15) is 11.3 Å². The van der Waals surface area contributed by atoms with Crippen LogP contribution in [-0.2, 0) is 9.53 Å². The second-order valence-corrected chi connectivity index (χ2v) is 5.15. The molecule has 0 saturated heterocycles. The van der Waals surface area contributed by atoms with Crippen LogP contribution < -0.4 is 0 Å². The van der Waals surface area contributed by atoms with Crippen LogP contribution >= 0.6 is 27.5 Å². The van der Waals surface area contributed by atoms with Crippen molar-refractivity contribution in [2.24, 2.45) is 4.99 Å². The van der Waals surface area contributed by atoms with Crippen LogP contribution in [0.4, 0.5) is 0 Å². The van der Waals surface area contributed by atoms with E-state index < -0.39 is 5.97 Å². The van der Waals surface area contributed by atoms with Gasteiger partial charge in [0.15, 0.2) is 16.1 Å². The minimum Gasteiger partial charge on any atom is -0.444 e. The van der Waals surface area contributed by atoms with E-state index >= 15 is 0 Å². The molecular weight excluding hydrogens is 346 g/mol. The van der Waals surface area contributed by atoms with Crippen molar-refractivity contribution in [3.05, 3.63) is 63.1 Å². The zero-order chi connectivity index (χ0) is 14.1. The summed E-state index contributed by atoms with van der Waals surface area (Å²) in [4.78, 5) is 15.9. The predicted molar refractivity (Wildman–Crippen MR) is 78.5 cm³/mol. The Labute approximate surface area is 127 Å². The van der Waals surface area contributed by atoms with Gasteiger partial charge in [0.25, 0.3) is 5.90 Å². The lowest BCUT2D eigenvalue weighted by Crippen LogP contribution is -2.04. The zero-order valence-electron chi connectivity index (χ0n) is 9.97. The van der Waals surface area contributed by atoms with Gasteiger partial charge in [0.2, 0.25) is 0 Å². The lowest BCUT2D eigenvalue weighted by molar-refractivity contribution is -0.130. The predicted octanol–water partition coefficient (Wildman–Crippen LogP) is 4.04. The van der Waals surface area contributed by atoms with E-state index in [1.807, 2.05) is 12.1 Å². The lowest BCUT2D eigenvalue weighted by atomic mass is 10.2. The van der Waals surface area contributed by atoms with Crippen molar-refractivity contribution in [3.63, 3.8) is 0 Å². The molecule has 3 rings (SSSR count). The van der Waals surface area contributed by atoms with Crippen LogP contribution in [0.3, 0.4) is 0 Å². The molecule has 2 aromatic rings. The molecule has 100 valence electrons. The summed E-state index contributed by atoms with van der Waals surface area (Å²) >= 11 is 9.22. The summed E-state index contributed by atoms with van der Waals surface area (Å²) < 4.78 is 10.9. The molecule has 0 bridgehead atoms. The summed E-state index contributed by atoms with van der Waals surface area (Å²) in [6.45, 7) is 0. The normalized spacial score (nSPS) is 16.4. The van der Waals surface area contributed by atoms with Gasteiger partial charge < -0.3 is 9.15 Å². The topological polar surface area (TPSA) is 51.8 Å². The Balaban J connectivity index is 1.97. The highest BCUT2D eigenvalue weighted by atomic mass is 79.9. The Hall–Kier alpha value is -1.85. The van der Waals surface area contributed by atoms with Gasteiger partial charge in [-0.25, -0.2) is 9.79 Å². The quantitative estimate of drug-likeness (QED) is 0.605. The van der Waals surface area contributed by atoms with Crippen LogP contribution in [-0.4, -0.2) is 11.9 Å². The molecule has 0 unspecified atom stereocenters. The van der Waals surface area contributed by atoms with E-state index in [1.165, 1.54) is 0 Å². The average Bonchev–Trinajstić information content (AvgIpc) is 2.99. The Morgan fingerprint density at radius 1 is 1.20 bits per heavy atom. The summed E-state index contributed by atoms with van der Waals surface area (Å²) in [6, 6.07) is 10.5. The van der Waals surface area contributed by atoms with E-state index in [2.05, 4.69) is 20.9 Å². The molecule has 1 aromatic heterocycles. The summed E-state index contributed by atoms with van der Waals surface area (Å²) in [5.41, 5.74) is 0.882. The van der Waals surface area contributed by atoms with Gasteiger partial charge in [-0.1, -0.05) is 29.8 Å². The number of aliphatic imine (C=N–C) groups is 1. The van der Waals surface area contributed by atoms with E-state index in [9.17, 15) is 4.79 Å². The number of ether oxygens (including phenoxy) is 1. The maximum atomic E-state index is 11.8. The van der Waals surface area contributed by atoms with Crippen LogP contribution in [0.2, 0.25) is 5.02 Å². The van der Waals surface area contributed by atoms with Crippen molar-refractivity contribution in [1.82, 2.24) is 0 Å². The Morgan fingerprint density at radius 2 is 2.00 bits per heavy atom. The fourth-order valence-electron chi connectivity index (χ4n) is 1.68. The number of hydrogen-bond acceptors (Lipinski definition) is 4. The second kappa shape index (κ2) is 5.26. The molecule has 0 radical (unpaired) electrons. The number of halogens is 2. The molecule has 20 heavy (non-hydrogen) atoms. The van der Waals surface area contributed by atoms with Crippen molar-refractivity contribution >= 4 is 45.5 Å². The maximum absolute atomic E-state index is 11.8. The molecule has 0 spiro atoms. The minimum atomic E-state index is -0.535. The third kappa shape index (κ3) is 2.55. The van der Waals surface area contributed by atoms with E-state index in [4.69, 9.17) is 20.8 Å². The van der Waals surface area contributed by atoms with Crippen molar-refractivity contribution in [1.29, 1.82) is 0 Å². The van der Waals surface area contributed by atoms with Gasteiger partial charge in [0.1, 0.15) is 0 Å². The summed E-state index contributed by atoms with van der Waals surface area (Å²) in [5, 5.41) is 0.539. The summed E-state index contributed by atoms with van der Waals surface area (Å²) in [5.74, 6) is -0.0146. The van der Waals surface area contributed by atoms with E-state index in [-0.39, 0.29) is 11.6 Å². The SMILES string of the molecule is O=C1OC(c2ccc(Br)o2)=N/C1=C/c1ccccc1Cl. The molecule has 0 fully saturated rings. The molecule has 0 aliphatic carbocycles. The first-order valence-corrected chi connectivity index (χ1v) is 6.83. The number of hydrogen-bond donors (Lipinski definition) is 0. The monoisotopic (exact) mass is 351 g/mol. The van der Waals surface area contributed by atoms with Crippen molar-refractivity contribution in [2.45, 2.75) is 0 Å². The largest absolute Gasteiger partial charge is 0.444 e. The minimum absolute atomic E-state index is 0.138. The van der Waals surface area contributed by atoms with Gasteiger partial charge >= 0.3 is 5.97 Å². The van der Waals surface area contributed by atoms with Gasteiger partial charge in [-0.15, -0.1) is 0 Å². The number of furan rings is 1. The lowest BCUT2D eigenvalue weighted by Gasteiger charge is -1.96. The number of benzene rings is 1. The summed E-state index contributed by atoms with van der Waals surface area (Å²) in [6.07, 6.45) is 1.58. The Bertz CT molecular complexity index is 748. The molecule has 4 nitrogen and oxygen atoms in total. The molecular formula is C14H7BrClNO3. The maximum Gasteiger partial charge on any atom is 0.363 e. The standard InChI is InChI=1S/C14H7BrClNO3/c15-12-6-5-11(19-12)13-17-10(14(18)20-13)7-8-3-1-2-4-9(8)16/h1-7H/b10-7+. The van der Waals surface area contributed by atoms with Crippen molar-refractivity contribution in [2.75, 3.05) is 0 Å². The van der Waals surface area contributed by atoms with Gasteiger partial charge in [-0.3, -0.25) is 0 Å². The molecule has 0 N–H and O–H groups in total. The molecule has 2 heterocycles. The molecule has 1 aliphatic rings. The number of carbonyl (C=O) groups excluding carboxylic acids is 1. The van der Waals surface area contributed by atoms with Gasteiger partial charge in [-0.2, -0.15) is 0 Å². The zero-order valence-corrected chi connectivity index (χ0v) is 12.3. The van der Waals surface area contributed by atoms with Crippen molar-refractivity contribution in [3.8, 4) is 0 Å². The van der Waals surface area contributed by atoms with Crippen LogP contribution in [0.5, 0.6) is 0 Å². The molecule has 0 amide bonds. The van der Waals surface area contributed by atoms with Crippen molar-refractivity contribution < 1.29 is 13.9 Å². The molecule has 0 atom stereocenters. The third-order valence-corrected chi connectivity index (χ3v) is 3.37. The highest BCUT2D eigenvalue weighted by Crippen LogP contribution is 2.24. The Morgan fingerprint density at radius 3 is 2.70 bits per heavy atom. The number of rotatable bonds is 2. The first kappa shape index (κ1) is 13.1. The highest BCUT2D eigenvalue weighted by molar-refractivity contribution is 9.10. The smallest absolute Gasteiger partial charge is 0.363 e. The van der Waals surface area contributed by atoms with Crippen LogP contribution in [0.25, 0.3) is 6.08 Å². The van der Waals surface area contributed by atoms with Gasteiger partial charge in [0.05, 0.1) is 0 Å². The number of carbonyl (C=O) groups is 1. The average molecular weight is 353 g/mol. The first-order chi connectivity index (χ1) is 9.63. The number of nitrogens with zero attached hydrogens (tertiary/aromatic N) is 1. The molecule has 1 aliphatic heterocycles. The van der Waals surface area contributed by atoms with E-state index in [0.29, 0.717) is 21.0 Å². The van der Waals surface area contributed by atoms with Crippen LogP contribution in [0.15, 0.2) is 56.2 Å². The van der Waals surface area contributed by atoms with Gasteiger partial charge in [0, 0.05) is 5.02 Å². The first-order valence-electron chi connectivity index (χ1n) is 5.66. The second-order valence-electron chi connectivity index (χ2n) is 3.96. The summed E-state index contributed by atoms with van der Waals surface area (Å²) in [7, 11) is 0. The Kier molecular flexibility index (Phi) is 3.46.